The lowest BCUT2D eigenvalue weighted by Gasteiger charge is -2.23. The van der Waals surface area contributed by atoms with Crippen molar-refractivity contribution in [2.45, 2.75) is 32.1 Å². The first-order valence-corrected chi connectivity index (χ1v) is 5.47. The summed E-state index contributed by atoms with van der Waals surface area (Å²) in [5.41, 5.74) is 5.38. The Morgan fingerprint density at radius 1 is 1.29 bits per heavy atom. The van der Waals surface area contributed by atoms with Gasteiger partial charge in [0.15, 0.2) is 0 Å². The van der Waals surface area contributed by atoms with Crippen LogP contribution in [0.1, 0.15) is 32.1 Å². The molecule has 80 valence electrons. The number of hydrogen-bond donors (Lipinski definition) is 1. The van der Waals surface area contributed by atoms with E-state index in [1.807, 2.05) is 4.90 Å². The molecular weight excluding hydrogens is 176 g/mol. The van der Waals surface area contributed by atoms with Crippen LogP contribution >= 0.6 is 0 Å². The Morgan fingerprint density at radius 2 is 2.14 bits per heavy atom. The number of amides is 1. The van der Waals surface area contributed by atoms with Crippen LogP contribution in [0, 0.1) is 0 Å². The molecule has 1 rings (SSSR count). The second kappa shape index (κ2) is 6.60. The van der Waals surface area contributed by atoms with Gasteiger partial charge in [0.25, 0.3) is 0 Å². The van der Waals surface area contributed by atoms with Gasteiger partial charge in [0.1, 0.15) is 0 Å². The van der Waals surface area contributed by atoms with Crippen LogP contribution in [0.2, 0.25) is 0 Å². The first kappa shape index (κ1) is 11.2. The molecule has 0 bridgehead atoms. The maximum Gasteiger partial charge on any atom is 0.222 e. The van der Waals surface area contributed by atoms with Crippen molar-refractivity contribution in [2.24, 2.45) is 5.73 Å². The summed E-state index contributed by atoms with van der Waals surface area (Å²) < 4.78 is 0. The third-order valence-electron chi connectivity index (χ3n) is 2.51. The minimum Gasteiger partial charge on any atom is -0.339 e. The van der Waals surface area contributed by atoms with Crippen molar-refractivity contribution in [3.63, 3.8) is 0 Å². The molecule has 0 aliphatic carbocycles. The first-order chi connectivity index (χ1) is 6.84. The second-order valence-electron chi connectivity index (χ2n) is 3.70. The fourth-order valence-corrected chi connectivity index (χ4v) is 1.62. The maximum atomic E-state index is 11.6. The van der Waals surface area contributed by atoms with Gasteiger partial charge < -0.3 is 10.6 Å². The monoisotopic (exact) mass is 196 g/mol. The van der Waals surface area contributed by atoms with Crippen molar-refractivity contribution >= 4 is 5.91 Å². The molecule has 1 aliphatic rings. The summed E-state index contributed by atoms with van der Waals surface area (Å²) in [4.78, 5) is 13.6. The Morgan fingerprint density at radius 3 is 2.79 bits per heavy atom. The van der Waals surface area contributed by atoms with E-state index < -0.39 is 0 Å². The molecule has 0 atom stereocenters. The van der Waals surface area contributed by atoms with E-state index in [4.69, 9.17) is 5.73 Å². The number of nitrogens with zero attached hydrogens (tertiary/aromatic N) is 1. The van der Waals surface area contributed by atoms with Crippen LogP contribution in [-0.4, -0.2) is 30.4 Å². The van der Waals surface area contributed by atoms with E-state index in [2.05, 4.69) is 12.2 Å². The summed E-state index contributed by atoms with van der Waals surface area (Å²) in [5.74, 6) is 0.298. The van der Waals surface area contributed by atoms with E-state index in [9.17, 15) is 4.79 Å². The number of carbonyl (C=O) groups is 1. The normalized spacial score (nSPS) is 15.9. The molecule has 0 aromatic rings. The smallest absolute Gasteiger partial charge is 0.222 e. The standard InChI is InChI=1S/C11H20N2O/c12-8-4-1-3-7-11(14)13-9-5-2-6-10-13/h2,5H,1,3-4,6-10,12H2. The summed E-state index contributed by atoms with van der Waals surface area (Å²) >= 11 is 0. The topological polar surface area (TPSA) is 46.3 Å². The lowest BCUT2D eigenvalue weighted by atomic mass is 10.1. The van der Waals surface area contributed by atoms with Crippen molar-refractivity contribution in [2.75, 3.05) is 19.6 Å². The average Bonchev–Trinajstić information content (AvgIpc) is 2.25. The van der Waals surface area contributed by atoms with Crippen molar-refractivity contribution in [3.8, 4) is 0 Å². The Bertz CT molecular complexity index is 201. The fraction of sp³-hybridized carbons (Fsp3) is 0.727. The van der Waals surface area contributed by atoms with Gasteiger partial charge in [0.05, 0.1) is 0 Å². The Balaban J connectivity index is 2.11. The molecule has 0 fully saturated rings. The molecule has 14 heavy (non-hydrogen) atoms. The van der Waals surface area contributed by atoms with E-state index in [0.29, 0.717) is 12.3 Å². The highest BCUT2D eigenvalue weighted by Gasteiger charge is 2.12. The zero-order chi connectivity index (χ0) is 10.2. The number of unbranched alkanes of at least 4 members (excludes halogenated alkanes) is 2. The minimum atomic E-state index is 0.298. The quantitative estimate of drug-likeness (QED) is 0.532. The van der Waals surface area contributed by atoms with Crippen LogP contribution in [0.4, 0.5) is 0 Å². The number of nitrogens with two attached hydrogens (primary N) is 1. The van der Waals surface area contributed by atoms with Gasteiger partial charge in [-0.3, -0.25) is 4.79 Å². The third kappa shape index (κ3) is 3.92. The molecule has 0 saturated heterocycles. The zero-order valence-electron chi connectivity index (χ0n) is 8.74. The van der Waals surface area contributed by atoms with Crippen LogP contribution in [-0.2, 0) is 4.79 Å². The molecular formula is C11H20N2O. The Kier molecular flexibility index (Phi) is 5.30. The Hall–Kier alpha value is -0.830. The molecule has 0 aromatic carbocycles. The molecule has 1 heterocycles. The number of carbonyl (C=O) groups excluding carboxylic acids is 1. The van der Waals surface area contributed by atoms with E-state index in [1.165, 1.54) is 0 Å². The van der Waals surface area contributed by atoms with Gasteiger partial charge >= 0.3 is 0 Å². The van der Waals surface area contributed by atoms with Crippen LogP contribution in [0.3, 0.4) is 0 Å². The van der Waals surface area contributed by atoms with Crippen molar-refractivity contribution in [3.05, 3.63) is 12.2 Å². The highest BCUT2D eigenvalue weighted by Crippen LogP contribution is 2.06. The second-order valence-corrected chi connectivity index (χ2v) is 3.70. The Labute approximate surface area is 86.0 Å². The van der Waals surface area contributed by atoms with Crippen LogP contribution < -0.4 is 5.73 Å². The van der Waals surface area contributed by atoms with Crippen molar-refractivity contribution in [1.82, 2.24) is 4.90 Å². The molecule has 1 amide bonds. The highest BCUT2D eigenvalue weighted by atomic mass is 16.2. The number of hydrogen-bond acceptors (Lipinski definition) is 2. The highest BCUT2D eigenvalue weighted by molar-refractivity contribution is 5.76. The molecule has 0 saturated carbocycles. The average molecular weight is 196 g/mol. The molecule has 3 nitrogen and oxygen atoms in total. The molecule has 2 N–H and O–H groups in total. The number of rotatable bonds is 5. The van der Waals surface area contributed by atoms with Crippen LogP contribution in [0.15, 0.2) is 12.2 Å². The SMILES string of the molecule is NCCCCCC(=O)N1CC=CCC1. The van der Waals surface area contributed by atoms with E-state index in [0.717, 1.165) is 45.3 Å². The summed E-state index contributed by atoms with van der Waals surface area (Å²) in [6, 6.07) is 0. The van der Waals surface area contributed by atoms with Crippen molar-refractivity contribution < 1.29 is 4.79 Å². The summed E-state index contributed by atoms with van der Waals surface area (Å²) in [6.45, 7) is 2.43. The lowest BCUT2D eigenvalue weighted by molar-refractivity contribution is -0.130. The predicted molar refractivity (Wildman–Crippen MR) is 57.9 cm³/mol. The summed E-state index contributed by atoms with van der Waals surface area (Å²) in [7, 11) is 0. The van der Waals surface area contributed by atoms with Gasteiger partial charge in [-0.05, 0) is 25.8 Å². The van der Waals surface area contributed by atoms with Gasteiger partial charge in [-0.25, -0.2) is 0 Å². The van der Waals surface area contributed by atoms with Gasteiger partial charge in [0, 0.05) is 19.5 Å². The maximum absolute atomic E-state index is 11.6. The molecule has 0 radical (unpaired) electrons. The van der Waals surface area contributed by atoms with E-state index >= 15 is 0 Å². The molecule has 3 heteroatoms. The lowest BCUT2D eigenvalue weighted by Crippen LogP contribution is -2.33. The van der Waals surface area contributed by atoms with Crippen molar-refractivity contribution in [1.29, 1.82) is 0 Å². The molecule has 0 unspecified atom stereocenters. The summed E-state index contributed by atoms with van der Waals surface area (Å²) in [5, 5.41) is 0. The summed E-state index contributed by atoms with van der Waals surface area (Å²) in [6.07, 6.45) is 9.00. The minimum absolute atomic E-state index is 0.298. The van der Waals surface area contributed by atoms with Gasteiger partial charge in [-0.2, -0.15) is 0 Å². The third-order valence-corrected chi connectivity index (χ3v) is 2.51. The first-order valence-electron chi connectivity index (χ1n) is 5.47. The van der Waals surface area contributed by atoms with Gasteiger partial charge in [-0.15, -0.1) is 0 Å². The fourth-order valence-electron chi connectivity index (χ4n) is 1.62. The molecule has 0 aromatic heterocycles. The van der Waals surface area contributed by atoms with Crippen LogP contribution in [0.25, 0.3) is 0 Å². The molecule has 1 aliphatic heterocycles. The van der Waals surface area contributed by atoms with Gasteiger partial charge in [-0.1, -0.05) is 18.6 Å². The van der Waals surface area contributed by atoms with Crippen LogP contribution in [0.5, 0.6) is 0 Å². The predicted octanol–water partition coefficient (Wildman–Crippen LogP) is 1.29. The van der Waals surface area contributed by atoms with Gasteiger partial charge in [0.2, 0.25) is 5.91 Å². The molecule has 0 spiro atoms. The van der Waals surface area contributed by atoms with E-state index in [-0.39, 0.29) is 0 Å². The zero-order valence-corrected chi connectivity index (χ0v) is 8.74. The largest absolute Gasteiger partial charge is 0.339 e. The van der Waals surface area contributed by atoms with E-state index in [1.54, 1.807) is 0 Å².